The van der Waals surface area contributed by atoms with E-state index in [1.165, 1.54) is 38.8 Å². The smallest absolute Gasteiger partial charge is 0.410 e. The maximum absolute atomic E-state index is 12.3. The predicted octanol–water partition coefficient (Wildman–Crippen LogP) is 3.65. The van der Waals surface area contributed by atoms with Crippen molar-refractivity contribution >= 4 is 6.09 Å². The molecule has 2 rings (SSSR count). The van der Waals surface area contributed by atoms with Crippen LogP contribution in [0.5, 0.6) is 0 Å². The number of carbonyl (C=O) groups is 1. The third-order valence-corrected chi connectivity index (χ3v) is 4.73. The molecule has 2 aliphatic rings. The fraction of sp³-hybridized carbons (Fsp3) is 0.941. The van der Waals surface area contributed by atoms with Crippen molar-refractivity contribution in [1.29, 1.82) is 0 Å². The largest absolute Gasteiger partial charge is 0.444 e. The summed E-state index contributed by atoms with van der Waals surface area (Å²) in [6, 6.07) is 1.12. The Morgan fingerprint density at radius 2 is 1.71 bits per heavy atom. The van der Waals surface area contributed by atoms with E-state index < -0.39 is 5.60 Å². The van der Waals surface area contributed by atoms with Gasteiger partial charge in [-0.05, 0) is 79.3 Å². The zero-order valence-corrected chi connectivity index (χ0v) is 14.2. The molecule has 21 heavy (non-hydrogen) atoms. The summed E-state index contributed by atoms with van der Waals surface area (Å²) in [6.07, 6.45) is 7.27. The Hall–Kier alpha value is -0.770. The number of rotatable bonds is 3. The number of nitrogens with zero attached hydrogens (tertiary/aromatic N) is 2. The predicted molar refractivity (Wildman–Crippen MR) is 85.5 cm³/mol. The lowest BCUT2D eigenvalue weighted by molar-refractivity contribution is 0.0102. The summed E-state index contributed by atoms with van der Waals surface area (Å²) < 4.78 is 5.55. The first kappa shape index (κ1) is 16.6. The van der Waals surface area contributed by atoms with E-state index in [4.69, 9.17) is 4.74 Å². The van der Waals surface area contributed by atoms with Gasteiger partial charge in [-0.15, -0.1) is 0 Å². The molecule has 1 heterocycles. The second kappa shape index (κ2) is 6.99. The van der Waals surface area contributed by atoms with Crippen molar-refractivity contribution in [3.8, 4) is 0 Å². The van der Waals surface area contributed by atoms with Crippen LogP contribution in [0.4, 0.5) is 4.79 Å². The number of likely N-dealkylation sites (tertiary alicyclic amines) is 1. The van der Waals surface area contributed by atoms with Crippen LogP contribution in [0, 0.1) is 0 Å². The van der Waals surface area contributed by atoms with Crippen LogP contribution in [0.3, 0.4) is 0 Å². The van der Waals surface area contributed by atoms with Gasteiger partial charge in [0.15, 0.2) is 0 Å². The average Bonchev–Trinajstić information content (AvgIpc) is 2.92. The molecule has 0 unspecified atom stereocenters. The lowest BCUT2D eigenvalue weighted by Gasteiger charge is -2.39. The Bertz CT molecular complexity index is 337. The van der Waals surface area contributed by atoms with E-state index in [1.807, 2.05) is 25.7 Å². The van der Waals surface area contributed by atoms with Crippen LogP contribution in [0.25, 0.3) is 0 Å². The molecule has 1 aliphatic carbocycles. The number of ether oxygens (including phenoxy) is 1. The minimum absolute atomic E-state index is 0.144. The third-order valence-electron chi connectivity index (χ3n) is 4.73. The summed E-state index contributed by atoms with van der Waals surface area (Å²) in [5.74, 6) is 0. The second-order valence-corrected chi connectivity index (χ2v) is 7.47. The van der Waals surface area contributed by atoms with Gasteiger partial charge in [-0.3, -0.25) is 0 Å². The molecule has 1 saturated carbocycles. The molecule has 4 nitrogen and oxygen atoms in total. The minimum atomic E-state index is -0.405. The minimum Gasteiger partial charge on any atom is -0.444 e. The van der Waals surface area contributed by atoms with Crippen molar-refractivity contribution in [2.75, 3.05) is 19.6 Å². The Morgan fingerprint density at radius 1 is 1.14 bits per heavy atom. The van der Waals surface area contributed by atoms with Gasteiger partial charge in [0, 0.05) is 18.6 Å². The lowest BCUT2D eigenvalue weighted by atomic mass is 9.89. The van der Waals surface area contributed by atoms with E-state index in [9.17, 15) is 4.79 Å². The van der Waals surface area contributed by atoms with Gasteiger partial charge in [0.1, 0.15) is 5.60 Å². The standard InChI is InChI=1S/C17H32N2O2/c1-5-19(16(20)21-17(2,3)4)15-10-8-14(9-11-15)18-12-6-7-13-18/h14-15H,5-13H2,1-4H3. The first-order valence-electron chi connectivity index (χ1n) is 8.64. The fourth-order valence-electron chi connectivity index (χ4n) is 3.70. The van der Waals surface area contributed by atoms with Gasteiger partial charge in [0.25, 0.3) is 0 Å². The van der Waals surface area contributed by atoms with E-state index in [0.29, 0.717) is 6.04 Å². The van der Waals surface area contributed by atoms with Crippen LogP contribution in [0.2, 0.25) is 0 Å². The van der Waals surface area contributed by atoms with Gasteiger partial charge >= 0.3 is 6.09 Å². The molecule has 0 aromatic carbocycles. The van der Waals surface area contributed by atoms with Crippen LogP contribution >= 0.6 is 0 Å². The Labute approximate surface area is 129 Å². The number of hydrogen-bond acceptors (Lipinski definition) is 3. The van der Waals surface area contributed by atoms with Crippen LogP contribution in [-0.2, 0) is 4.74 Å². The maximum atomic E-state index is 12.3. The molecular formula is C17H32N2O2. The third kappa shape index (κ3) is 4.60. The lowest BCUT2D eigenvalue weighted by Crippen LogP contribution is -2.47. The first-order chi connectivity index (χ1) is 9.90. The van der Waals surface area contributed by atoms with Crippen molar-refractivity contribution in [3.05, 3.63) is 0 Å². The summed E-state index contributed by atoms with van der Waals surface area (Å²) in [5.41, 5.74) is -0.405. The zero-order chi connectivity index (χ0) is 15.5. The highest BCUT2D eigenvalue weighted by molar-refractivity contribution is 5.68. The Kier molecular flexibility index (Phi) is 5.53. The molecule has 122 valence electrons. The van der Waals surface area contributed by atoms with Crippen molar-refractivity contribution in [3.63, 3.8) is 0 Å². The number of carbonyl (C=O) groups excluding carboxylic acids is 1. The second-order valence-electron chi connectivity index (χ2n) is 7.47. The quantitative estimate of drug-likeness (QED) is 0.797. The molecule has 0 aromatic heterocycles. The van der Waals surface area contributed by atoms with Gasteiger partial charge in [-0.1, -0.05) is 0 Å². The summed E-state index contributed by atoms with van der Waals surface area (Å²) >= 11 is 0. The van der Waals surface area contributed by atoms with E-state index in [-0.39, 0.29) is 6.09 Å². The molecule has 0 N–H and O–H groups in total. The van der Waals surface area contributed by atoms with Crippen molar-refractivity contribution in [2.24, 2.45) is 0 Å². The number of hydrogen-bond donors (Lipinski definition) is 0. The summed E-state index contributed by atoms with van der Waals surface area (Å²) in [4.78, 5) is 16.9. The molecule has 0 bridgehead atoms. The van der Waals surface area contributed by atoms with E-state index in [1.54, 1.807) is 0 Å². The highest BCUT2D eigenvalue weighted by Gasteiger charge is 2.33. The van der Waals surface area contributed by atoms with Crippen molar-refractivity contribution < 1.29 is 9.53 Å². The van der Waals surface area contributed by atoms with Crippen LogP contribution in [-0.4, -0.2) is 53.2 Å². The molecular weight excluding hydrogens is 264 g/mol. The van der Waals surface area contributed by atoms with E-state index in [0.717, 1.165) is 25.4 Å². The monoisotopic (exact) mass is 296 g/mol. The van der Waals surface area contributed by atoms with Crippen LogP contribution in [0.15, 0.2) is 0 Å². The van der Waals surface area contributed by atoms with E-state index in [2.05, 4.69) is 11.8 Å². The first-order valence-corrected chi connectivity index (χ1v) is 8.64. The SMILES string of the molecule is CCN(C(=O)OC(C)(C)C)C1CCC(N2CCCC2)CC1. The molecule has 1 aliphatic heterocycles. The highest BCUT2D eigenvalue weighted by Crippen LogP contribution is 2.29. The topological polar surface area (TPSA) is 32.8 Å². The zero-order valence-electron chi connectivity index (χ0n) is 14.2. The maximum Gasteiger partial charge on any atom is 0.410 e. The molecule has 1 saturated heterocycles. The molecule has 0 aromatic rings. The van der Waals surface area contributed by atoms with Gasteiger partial charge in [-0.2, -0.15) is 0 Å². The van der Waals surface area contributed by atoms with Crippen LogP contribution in [0.1, 0.15) is 66.2 Å². The Morgan fingerprint density at radius 3 is 2.19 bits per heavy atom. The average molecular weight is 296 g/mol. The van der Waals surface area contributed by atoms with Gasteiger partial charge in [-0.25, -0.2) is 4.79 Å². The van der Waals surface area contributed by atoms with Crippen molar-refractivity contribution in [2.45, 2.75) is 83.9 Å². The van der Waals surface area contributed by atoms with Gasteiger partial charge in [0.2, 0.25) is 0 Å². The molecule has 4 heteroatoms. The van der Waals surface area contributed by atoms with E-state index >= 15 is 0 Å². The summed E-state index contributed by atoms with van der Waals surface area (Å²) in [7, 11) is 0. The number of amides is 1. The molecule has 0 radical (unpaired) electrons. The Balaban J connectivity index is 1.85. The summed E-state index contributed by atoms with van der Waals surface area (Å²) in [5, 5.41) is 0. The summed E-state index contributed by atoms with van der Waals surface area (Å²) in [6.45, 7) is 11.2. The molecule has 2 fully saturated rings. The fourth-order valence-corrected chi connectivity index (χ4v) is 3.70. The van der Waals surface area contributed by atoms with Crippen LogP contribution < -0.4 is 0 Å². The van der Waals surface area contributed by atoms with Gasteiger partial charge < -0.3 is 14.5 Å². The molecule has 0 spiro atoms. The normalized spacial score (nSPS) is 27.6. The van der Waals surface area contributed by atoms with Crippen molar-refractivity contribution in [1.82, 2.24) is 9.80 Å². The molecule has 1 amide bonds. The molecule has 0 atom stereocenters. The highest BCUT2D eigenvalue weighted by atomic mass is 16.6. The van der Waals surface area contributed by atoms with Gasteiger partial charge in [0.05, 0.1) is 0 Å².